The number of rotatable bonds is 7. The van der Waals surface area contributed by atoms with Crippen LogP contribution >= 0.6 is 23.1 Å². The van der Waals surface area contributed by atoms with E-state index < -0.39 is 0 Å². The molecule has 7 heteroatoms. The van der Waals surface area contributed by atoms with Crippen molar-refractivity contribution in [2.45, 2.75) is 10.1 Å². The summed E-state index contributed by atoms with van der Waals surface area (Å²) < 4.78 is 12.8. The monoisotopic (exact) mass is 436 g/mol. The van der Waals surface area contributed by atoms with Gasteiger partial charge in [-0.2, -0.15) is 0 Å². The van der Waals surface area contributed by atoms with Crippen LogP contribution in [-0.4, -0.2) is 25.1 Å². The number of benzene rings is 3. The van der Waals surface area contributed by atoms with E-state index in [0.717, 1.165) is 21.2 Å². The number of hydrogen-bond donors (Lipinski definition) is 1. The van der Waals surface area contributed by atoms with Crippen molar-refractivity contribution < 1.29 is 14.3 Å². The number of amides is 1. The Morgan fingerprint density at radius 1 is 1.03 bits per heavy atom. The fourth-order valence-electron chi connectivity index (χ4n) is 2.92. The summed E-state index contributed by atoms with van der Waals surface area (Å²) in [6, 6.07) is 21.0. The third-order valence-corrected chi connectivity index (χ3v) is 6.76. The summed E-state index contributed by atoms with van der Waals surface area (Å²) in [5, 5.41) is 2.89. The zero-order valence-electron chi connectivity index (χ0n) is 16.5. The minimum atomic E-state index is -0.202. The van der Waals surface area contributed by atoms with E-state index in [-0.39, 0.29) is 5.91 Å². The molecule has 3 aromatic carbocycles. The Morgan fingerprint density at radius 2 is 1.83 bits per heavy atom. The lowest BCUT2D eigenvalue weighted by atomic mass is 10.1. The average molecular weight is 437 g/mol. The Labute approximate surface area is 183 Å². The van der Waals surface area contributed by atoms with Gasteiger partial charge < -0.3 is 14.8 Å². The van der Waals surface area contributed by atoms with Crippen LogP contribution in [0.4, 0.5) is 5.69 Å². The van der Waals surface area contributed by atoms with Gasteiger partial charge in [-0.25, -0.2) is 4.98 Å². The first-order valence-corrected chi connectivity index (χ1v) is 11.1. The maximum Gasteiger partial charge on any atom is 0.255 e. The van der Waals surface area contributed by atoms with E-state index in [9.17, 15) is 4.79 Å². The summed E-state index contributed by atoms with van der Waals surface area (Å²) in [4.78, 5) is 17.3. The Bertz CT molecular complexity index is 1140. The van der Waals surface area contributed by atoms with Crippen molar-refractivity contribution in [2.24, 2.45) is 0 Å². The minimum absolute atomic E-state index is 0.202. The molecule has 0 bridgehead atoms. The molecule has 0 fully saturated rings. The van der Waals surface area contributed by atoms with Crippen LogP contribution in [0.3, 0.4) is 0 Å². The smallest absolute Gasteiger partial charge is 0.255 e. The molecule has 0 saturated heterocycles. The first-order valence-electron chi connectivity index (χ1n) is 9.27. The third-order valence-electron chi connectivity index (χ3n) is 4.51. The number of ether oxygens (including phenoxy) is 2. The standard InChI is InChI=1S/C23H20N2O3S2/c1-27-17-11-12-20(28-2)19(13-17)24-22(26)16-9-7-15(8-10-16)14-29-23-25-18-5-3-4-6-21(18)30-23/h3-13H,14H2,1-2H3,(H,24,26). The molecule has 5 nitrogen and oxygen atoms in total. The Hall–Kier alpha value is -3.03. The number of methoxy groups -OCH3 is 2. The van der Waals surface area contributed by atoms with Crippen molar-refractivity contribution in [1.82, 2.24) is 4.98 Å². The molecule has 1 heterocycles. The van der Waals surface area contributed by atoms with Gasteiger partial charge in [-0.1, -0.05) is 36.0 Å². The van der Waals surface area contributed by atoms with Gasteiger partial charge in [-0.05, 0) is 42.0 Å². The van der Waals surface area contributed by atoms with Gasteiger partial charge in [0.25, 0.3) is 5.91 Å². The summed E-state index contributed by atoms with van der Waals surface area (Å²) in [5.41, 5.74) is 3.31. The molecule has 0 saturated carbocycles. The van der Waals surface area contributed by atoms with E-state index in [2.05, 4.69) is 16.4 Å². The minimum Gasteiger partial charge on any atom is -0.497 e. The highest BCUT2D eigenvalue weighted by Gasteiger charge is 2.11. The van der Waals surface area contributed by atoms with Gasteiger partial charge in [0.15, 0.2) is 4.34 Å². The fraction of sp³-hybridized carbons (Fsp3) is 0.130. The van der Waals surface area contributed by atoms with Crippen LogP contribution in [0.2, 0.25) is 0 Å². The van der Waals surface area contributed by atoms with Gasteiger partial charge in [-0.15, -0.1) is 11.3 Å². The molecular weight excluding hydrogens is 416 g/mol. The summed E-state index contributed by atoms with van der Waals surface area (Å²) in [7, 11) is 3.15. The second-order valence-corrected chi connectivity index (χ2v) is 8.71. The van der Waals surface area contributed by atoms with Gasteiger partial charge >= 0.3 is 0 Å². The maximum absolute atomic E-state index is 12.7. The SMILES string of the molecule is COc1ccc(OC)c(NC(=O)c2ccc(CSc3nc4ccccc4s3)cc2)c1. The number of thioether (sulfide) groups is 1. The van der Waals surface area contributed by atoms with E-state index in [1.165, 1.54) is 4.70 Å². The molecule has 1 aromatic heterocycles. The molecule has 30 heavy (non-hydrogen) atoms. The molecule has 1 N–H and O–H groups in total. The van der Waals surface area contributed by atoms with Crippen molar-refractivity contribution in [3.05, 3.63) is 77.9 Å². The second kappa shape index (κ2) is 9.19. The van der Waals surface area contributed by atoms with Gasteiger partial charge in [0.2, 0.25) is 0 Å². The van der Waals surface area contributed by atoms with Crippen LogP contribution < -0.4 is 14.8 Å². The molecule has 0 aliphatic heterocycles. The number of nitrogens with zero attached hydrogens (tertiary/aromatic N) is 1. The van der Waals surface area contributed by atoms with Crippen molar-refractivity contribution >= 4 is 44.9 Å². The largest absolute Gasteiger partial charge is 0.497 e. The van der Waals surface area contributed by atoms with E-state index in [0.29, 0.717) is 22.7 Å². The van der Waals surface area contributed by atoms with Gasteiger partial charge in [0.1, 0.15) is 11.5 Å². The summed E-state index contributed by atoms with van der Waals surface area (Å²) >= 11 is 3.40. The van der Waals surface area contributed by atoms with Gasteiger partial charge in [0, 0.05) is 17.4 Å². The number of para-hydroxylation sites is 1. The molecule has 0 radical (unpaired) electrons. The van der Waals surface area contributed by atoms with E-state index >= 15 is 0 Å². The highest BCUT2D eigenvalue weighted by atomic mass is 32.2. The van der Waals surface area contributed by atoms with Crippen LogP contribution in [0, 0.1) is 0 Å². The molecule has 4 rings (SSSR count). The Balaban J connectivity index is 1.41. The van der Waals surface area contributed by atoms with Gasteiger partial charge in [-0.3, -0.25) is 4.79 Å². The van der Waals surface area contributed by atoms with Crippen LogP contribution in [0.1, 0.15) is 15.9 Å². The lowest BCUT2D eigenvalue weighted by molar-refractivity contribution is 0.102. The first kappa shape index (κ1) is 20.3. The molecular formula is C23H20N2O3S2. The quantitative estimate of drug-likeness (QED) is 0.368. The van der Waals surface area contributed by atoms with Gasteiger partial charge in [0.05, 0.1) is 30.1 Å². The molecule has 0 spiro atoms. The van der Waals surface area contributed by atoms with E-state index in [4.69, 9.17) is 9.47 Å². The summed E-state index contributed by atoms with van der Waals surface area (Å²) in [6.07, 6.45) is 0. The molecule has 0 aliphatic carbocycles. The van der Waals surface area contributed by atoms with E-state index in [1.54, 1.807) is 55.5 Å². The lowest BCUT2D eigenvalue weighted by Crippen LogP contribution is -2.12. The van der Waals surface area contributed by atoms with Crippen LogP contribution in [0.15, 0.2) is 71.1 Å². The molecule has 0 unspecified atom stereocenters. The topological polar surface area (TPSA) is 60.5 Å². The Morgan fingerprint density at radius 3 is 2.57 bits per heavy atom. The summed E-state index contributed by atoms with van der Waals surface area (Å²) in [6.45, 7) is 0. The number of thiazole rings is 1. The first-order chi connectivity index (χ1) is 14.7. The van der Waals surface area contributed by atoms with Crippen LogP contribution in [-0.2, 0) is 5.75 Å². The predicted octanol–water partition coefficient (Wildman–Crippen LogP) is 5.86. The van der Waals surface area contributed by atoms with Crippen molar-refractivity contribution in [2.75, 3.05) is 19.5 Å². The molecule has 1 amide bonds. The highest BCUT2D eigenvalue weighted by molar-refractivity contribution is 8.00. The van der Waals surface area contributed by atoms with Crippen molar-refractivity contribution in [3.8, 4) is 11.5 Å². The molecule has 0 atom stereocenters. The highest BCUT2D eigenvalue weighted by Crippen LogP contribution is 2.32. The fourth-order valence-corrected chi connectivity index (χ4v) is 4.94. The number of fused-ring (bicyclic) bond motifs is 1. The number of carbonyl (C=O) groups excluding carboxylic acids is 1. The molecule has 4 aromatic rings. The number of carbonyl (C=O) groups is 1. The lowest BCUT2D eigenvalue weighted by Gasteiger charge is -2.12. The summed E-state index contributed by atoms with van der Waals surface area (Å²) in [5.74, 6) is 1.82. The average Bonchev–Trinajstić information content (AvgIpc) is 3.21. The van der Waals surface area contributed by atoms with Crippen molar-refractivity contribution in [3.63, 3.8) is 0 Å². The molecule has 0 aliphatic rings. The third kappa shape index (κ3) is 4.58. The maximum atomic E-state index is 12.7. The molecule has 152 valence electrons. The second-order valence-electron chi connectivity index (χ2n) is 6.45. The number of anilines is 1. The van der Waals surface area contributed by atoms with E-state index in [1.807, 2.05) is 42.5 Å². The number of hydrogen-bond acceptors (Lipinski definition) is 6. The van der Waals surface area contributed by atoms with Crippen LogP contribution in [0.25, 0.3) is 10.2 Å². The zero-order valence-corrected chi connectivity index (χ0v) is 18.2. The van der Waals surface area contributed by atoms with Crippen LogP contribution in [0.5, 0.6) is 11.5 Å². The Kier molecular flexibility index (Phi) is 6.21. The zero-order chi connectivity index (χ0) is 20.9. The van der Waals surface area contributed by atoms with Crippen molar-refractivity contribution in [1.29, 1.82) is 0 Å². The normalized spacial score (nSPS) is 10.7. The number of aromatic nitrogens is 1. The predicted molar refractivity (Wildman–Crippen MR) is 123 cm³/mol. The number of nitrogens with one attached hydrogen (secondary N) is 1.